The molecule has 4 N–H and O–H groups in total. The van der Waals surface area contributed by atoms with Crippen LogP contribution in [0.25, 0.3) is 0 Å². The third-order valence-electron chi connectivity index (χ3n) is 5.78. The molecule has 0 aromatic heterocycles. The van der Waals surface area contributed by atoms with Crippen molar-refractivity contribution >= 4 is 33.4 Å². The molecule has 11 heteroatoms. The van der Waals surface area contributed by atoms with Crippen LogP contribution in [0.15, 0.2) is 23.1 Å². The fraction of sp³-hybridized carbons (Fsp3) is 0.550. The minimum Gasteiger partial charge on any atom is -0.368 e. The molecule has 31 heavy (non-hydrogen) atoms. The molecule has 0 bridgehead atoms. The maximum absolute atomic E-state index is 13.2. The van der Waals surface area contributed by atoms with Crippen molar-refractivity contribution in [3.63, 3.8) is 0 Å². The van der Waals surface area contributed by atoms with Crippen molar-refractivity contribution < 1.29 is 22.8 Å². The van der Waals surface area contributed by atoms with Gasteiger partial charge in [0.05, 0.1) is 4.90 Å². The van der Waals surface area contributed by atoms with Crippen molar-refractivity contribution in [1.29, 1.82) is 0 Å². The monoisotopic (exact) mass is 451 g/mol. The summed E-state index contributed by atoms with van der Waals surface area (Å²) in [6.45, 7) is 7.10. The molecule has 2 saturated heterocycles. The first-order valence-electron chi connectivity index (χ1n) is 10.2. The maximum Gasteiger partial charge on any atom is 0.250 e. The lowest BCUT2D eigenvalue weighted by Gasteiger charge is -2.43. The first kappa shape index (κ1) is 23.2. The van der Waals surface area contributed by atoms with E-state index in [4.69, 9.17) is 5.73 Å². The van der Waals surface area contributed by atoms with Crippen LogP contribution in [0.3, 0.4) is 0 Å². The highest BCUT2D eigenvalue weighted by atomic mass is 32.2. The first-order valence-corrected chi connectivity index (χ1v) is 11.7. The van der Waals surface area contributed by atoms with E-state index < -0.39 is 33.4 Å². The number of carbonyl (C=O) groups excluding carboxylic acids is 3. The van der Waals surface area contributed by atoms with Crippen molar-refractivity contribution in [2.75, 3.05) is 31.1 Å². The second kappa shape index (κ2) is 8.56. The molecule has 2 heterocycles. The van der Waals surface area contributed by atoms with Crippen LogP contribution in [0.2, 0.25) is 0 Å². The minimum absolute atomic E-state index is 0.0725. The van der Waals surface area contributed by atoms with E-state index in [9.17, 15) is 22.8 Å². The van der Waals surface area contributed by atoms with Gasteiger partial charge in [0.25, 0.3) is 5.91 Å². The topological polar surface area (TPSA) is 142 Å². The molecule has 170 valence electrons. The molecule has 1 atom stereocenters. The van der Waals surface area contributed by atoms with Gasteiger partial charge in [0, 0.05) is 43.8 Å². The summed E-state index contributed by atoms with van der Waals surface area (Å²) in [4.78, 5) is 40.2. The summed E-state index contributed by atoms with van der Waals surface area (Å²) in [5.74, 6) is -1.84. The summed E-state index contributed by atoms with van der Waals surface area (Å²) in [6, 6.07) is 2.85. The highest BCUT2D eigenvalue weighted by molar-refractivity contribution is 7.89. The van der Waals surface area contributed by atoms with Gasteiger partial charge in [-0.15, -0.1) is 0 Å². The Morgan fingerprint density at radius 3 is 2.55 bits per heavy atom. The molecule has 1 aromatic rings. The molecule has 0 saturated carbocycles. The number of amides is 3. The van der Waals surface area contributed by atoms with Gasteiger partial charge in [0.2, 0.25) is 21.8 Å². The number of sulfonamides is 1. The van der Waals surface area contributed by atoms with Gasteiger partial charge in [-0.2, -0.15) is 4.72 Å². The summed E-state index contributed by atoms with van der Waals surface area (Å²) in [5.41, 5.74) is 5.67. The number of carbonyl (C=O) groups is 3. The smallest absolute Gasteiger partial charge is 0.250 e. The van der Waals surface area contributed by atoms with Crippen LogP contribution in [0, 0.1) is 6.92 Å². The van der Waals surface area contributed by atoms with Gasteiger partial charge in [-0.3, -0.25) is 14.4 Å². The minimum atomic E-state index is -4.28. The standard InChI is InChI=1S/C20H29N5O5S/c1-13-14(24-10-5-8-16(24)26)6-4-7-15(13)31(29,30)23-17(18(21)27)19(28)25-11-9-22-12-20(25,2)3/h4,6-7,17,22-23H,5,8-12H2,1-3H3,(H2,21,27)/t17-/m0/s1. The van der Waals surface area contributed by atoms with Crippen molar-refractivity contribution in [3.8, 4) is 0 Å². The van der Waals surface area contributed by atoms with E-state index in [0.29, 0.717) is 50.3 Å². The molecule has 2 fully saturated rings. The van der Waals surface area contributed by atoms with Crippen molar-refractivity contribution in [2.24, 2.45) is 5.73 Å². The molecule has 2 aliphatic heterocycles. The Morgan fingerprint density at radius 1 is 1.26 bits per heavy atom. The molecule has 1 aromatic carbocycles. The van der Waals surface area contributed by atoms with Crippen LogP contribution >= 0.6 is 0 Å². The van der Waals surface area contributed by atoms with Crippen LogP contribution < -0.4 is 20.7 Å². The Labute approximate surface area is 182 Å². The number of hydrogen-bond donors (Lipinski definition) is 3. The normalized spacial score (nSPS) is 20.0. The van der Waals surface area contributed by atoms with Crippen LogP contribution in [0.1, 0.15) is 32.3 Å². The zero-order chi connectivity index (χ0) is 23.0. The van der Waals surface area contributed by atoms with Gasteiger partial charge in [-0.25, -0.2) is 8.42 Å². The summed E-state index contributed by atoms with van der Waals surface area (Å²) in [5, 5.41) is 3.17. The Balaban J connectivity index is 1.91. The summed E-state index contributed by atoms with van der Waals surface area (Å²) in [6.07, 6.45) is 1.11. The van der Waals surface area contributed by atoms with Gasteiger partial charge in [-0.1, -0.05) is 6.07 Å². The zero-order valence-corrected chi connectivity index (χ0v) is 18.8. The van der Waals surface area contributed by atoms with Crippen LogP contribution in [-0.4, -0.2) is 68.8 Å². The number of rotatable bonds is 6. The lowest BCUT2D eigenvalue weighted by atomic mass is 9.99. The molecule has 0 aliphatic carbocycles. The second-order valence-corrected chi connectivity index (χ2v) is 10.2. The van der Waals surface area contributed by atoms with Gasteiger partial charge in [-0.05, 0) is 44.9 Å². The van der Waals surface area contributed by atoms with Crippen molar-refractivity contribution in [2.45, 2.75) is 50.1 Å². The number of piperazine rings is 1. The Kier molecular flexibility index (Phi) is 6.40. The number of hydrogen-bond acceptors (Lipinski definition) is 6. The van der Waals surface area contributed by atoms with Crippen LogP contribution in [0.4, 0.5) is 5.69 Å². The molecule has 0 unspecified atom stereocenters. The lowest BCUT2D eigenvalue weighted by molar-refractivity contribution is -0.143. The van der Waals surface area contributed by atoms with E-state index >= 15 is 0 Å². The lowest BCUT2D eigenvalue weighted by Crippen LogP contribution is -2.65. The van der Waals surface area contributed by atoms with Gasteiger partial charge >= 0.3 is 0 Å². The van der Waals surface area contributed by atoms with Gasteiger partial charge in [0.1, 0.15) is 0 Å². The molecule has 10 nitrogen and oxygen atoms in total. The van der Waals surface area contributed by atoms with Crippen molar-refractivity contribution in [3.05, 3.63) is 23.8 Å². The third kappa shape index (κ3) is 4.58. The summed E-state index contributed by atoms with van der Waals surface area (Å²) < 4.78 is 28.5. The predicted molar refractivity (Wildman–Crippen MR) is 115 cm³/mol. The zero-order valence-electron chi connectivity index (χ0n) is 18.0. The Bertz CT molecular complexity index is 1010. The number of nitrogens with zero attached hydrogens (tertiary/aromatic N) is 2. The number of benzene rings is 1. The average molecular weight is 452 g/mol. The number of anilines is 1. The molecule has 0 radical (unpaired) electrons. The SMILES string of the molecule is Cc1c(N2CCCC2=O)cccc1S(=O)(=O)N[C@@H](C(N)=O)C(=O)N1CCNCC1(C)C. The first-order chi connectivity index (χ1) is 14.5. The molecular weight excluding hydrogens is 422 g/mol. The summed E-state index contributed by atoms with van der Waals surface area (Å²) >= 11 is 0. The van der Waals surface area contributed by atoms with Gasteiger partial charge < -0.3 is 20.9 Å². The molecular formula is C20H29N5O5S. The Morgan fingerprint density at radius 2 is 1.97 bits per heavy atom. The molecule has 2 aliphatic rings. The van der Waals surface area contributed by atoms with E-state index in [1.165, 1.54) is 17.0 Å². The molecule has 3 amide bonds. The highest BCUT2D eigenvalue weighted by Gasteiger charge is 2.41. The largest absolute Gasteiger partial charge is 0.368 e. The van der Waals surface area contributed by atoms with Gasteiger partial charge in [0.15, 0.2) is 6.04 Å². The number of nitrogens with one attached hydrogen (secondary N) is 2. The highest BCUT2D eigenvalue weighted by Crippen LogP contribution is 2.29. The fourth-order valence-electron chi connectivity index (χ4n) is 4.09. The second-order valence-electron chi connectivity index (χ2n) is 8.48. The third-order valence-corrected chi connectivity index (χ3v) is 7.35. The van der Waals surface area contributed by atoms with E-state index in [1.54, 1.807) is 17.9 Å². The maximum atomic E-state index is 13.2. The number of nitrogens with two attached hydrogens (primary N) is 1. The van der Waals surface area contributed by atoms with E-state index in [0.717, 1.165) is 0 Å². The Hall–Kier alpha value is -2.50. The van der Waals surface area contributed by atoms with E-state index in [1.807, 2.05) is 13.8 Å². The van der Waals surface area contributed by atoms with E-state index in [2.05, 4.69) is 10.0 Å². The fourth-order valence-corrected chi connectivity index (χ4v) is 5.51. The number of primary amides is 1. The van der Waals surface area contributed by atoms with Crippen LogP contribution in [0.5, 0.6) is 0 Å². The quantitative estimate of drug-likeness (QED) is 0.496. The van der Waals surface area contributed by atoms with Crippen LogP contribution in [-0.2, 0) is 24.4 Å². The average Bonchev–Trinajstić information content (AvgIpc) is 3.11. The molecule has 3 rings (SSSR count). The summed E-state index contributed by atoms with van der Waals surface area (Å²) in [7, 11) is -4.28. The van der Waals surface area contributed by atoms with Crippen molar-refractivity contribution in [1.82, 2.24) is 14.9 Å². The van der Waals surface area contributed by atoms with E-state index in [-0.39, 0.29) is 10.8 Å². The predicted octanol–water partition coefficient (Wildman–Crippen LogP) is -0.536. The molecule has 0 spiro atoms.